The molecule has 2 N–H and O–H groups in total. The maximum Gasteiger partial charge on any atom is 0.223 e. The number of sulfone groups is 1. The van der Waals surface area contributed by atoms with Gasteiger partial charge in [-0.2, -0.15) is 0 Å². The summed E-state index contributed by atoms with van der Waals surface area (Å²) in [4.78, 5) is 14.1. The van der Waals surface area contributed by atoms with Crippen molar-refractivity contribution >= 4 is 38.3 Å². The van der Waals surface area contributed by atoms with Gasteiger partial charge in [-0.15, -0.1) is 0 Å². The summed E-state index contributed by atoms with van der Waals surface area (Å²) >= 11 is 6.14. The van der Waals surface area contributed by atoms with Crippen LogP contribution in [-0.4, -0.2) is 49.6 Å². The Bertz CT molecular complexity index is 1620. The van der Waals surface area contributed by atoms with Crippen molar-refractivity contribution in [1.82, 2.24) is 20.3 Å². The number of pyridine rings is 1. The van der Waals surface area contributed by atoms with Gasteiger partial charge in [0.2, 0.25) is 11.8 Å². The van der Waals surface area contributed by atoms with Crippen LogP contribution in [0, 0.1) is 0 Å². The third-order valence-corrected chi connectivity index (χ3v) is 9.69. The number of ether oxygens (including phenoxy) is 1. The second-order valence-electron chi connectivity index (χ2n) is 10.2. The first kappa shape index (κ1) is 28.3. The average molecular weight is 580 g/mol. The molecule has 2 aromatic carbocycles. The highest BCUT2D eigenvalue weighted by molar-refractivity contribution is 7.90. The van der Waals surface area contributed by atoms with E-state index >= 15 is 0 Å². The van der Waals surface area contributed by atoms with Crippen LogP contribution in [0.15, 0.2) is 59.6 Å². The fourth-order valence-corrected chi connectivity index (χ4v) is 7.17. The van der Waals surface area contributed by atoms with E-state index < -0.39 is 9.84 Å². The number of aromatic nitrogens is 3. The number of aryl methyl sites for hydroxylation is 1. The molecule has 1 fully saturated rings. The minimum Gasteiger partial charge on any atom is -0.481 e. The number of hydrogen-bond acceptors (Lipinski definition) is 8. The SMILES string of the molecule is CCc1cc(-c2ccc(CS(=O)(=O)c3ccccc3Cl)nc2OC)cc2cnc(NC3CCC(NC)CC3)nc12. The summed E-state index contributed by atoms with van der Waals surface area (Å²) in [6, 6.07) is 15.1. The average Bonchev–Trinajstić information content (AvgIpc) is 2.97. The number of nitrogens with one attached hydrogen (secondary N) is 2. The minimum atomic E-state index is -3.68. The fourth-order valence-electron chi connectivity index (χ4n) is 5.33. The summed E-state index contributed by atoms with van der Waals surface area (Å²) < 4.78 is 31.6. The van der Waals surface area contributed by atoms with Crippen molar-refractivity contribution in [2.75, 3.05) is 19.5 Å². The lowest BCUT2D eigenvalue weighted by molar-refractivity contribution is 0.370. The zero-order valence-electron chi connectivity index (χ0n) is 22.9. The van der Waals surface area contributed by atoms with Crippen LogP contribution >= 0.6 is 11.6 Å². The van der Waals surface area contributed by atoms with Crippen molar-refractivity contribution in [2.45, 2.75) is 61.8 Å². The van der Waals surface area contributed by atoms with Crippen molar-refractivity contribution in [1.29, 1.82) is 0 Å². The maximum atomic E-state index is 13.0. The third-order valence-electron chi connectivity index (χ3n) is 7.54. The summed E-state index contributed by atoms with van der Waals surface area (Å²) in [5.74, 6) is 0.724. The van der Waals surface area contributed by atoms with Crippen LogP contribution < -0.4 is 15.4 Å². The molecule has 1 aliphatic carbocycles. The molecule has 1 aliphatic rings. The van der Waals surface area contributed by atoms with Crippen molar-refractivity contribution in [2.24, 2.45) is 0 Å². The Kier molecular flexibility index (Phi) is 8.54. The minimum absolute atomic E-state index is 0.0862. The van der Waals surface area contributed by atoms with Gasteiger partial charge in [0.25, 0.3) is 0 Å². The smallest absolute Gasteiger partial charge is 0.223 e. The fraction of sp³-hybridized carbons (Fsp3) is 0.367. The number of halogens is 1. The number of methoxy groups -OCH3 is 1. The second kappa shape index (κ2) is 12.1. The molecular formula is C30H34ClN5O3S. The third kappa shape index (κ3) is 6.06. The van der Waals surface area contributed by atoms with Gasteiger partial charge in [0, 0.05) is 29.2 Å². The zero-order valence-corrected chi connectivity index (χ0v) is 24.5. The topological polar surface area (TPSA) is 106 Å². The molecule has 0 unspecified atom stereocenters. The number of benzene rings is 2. The molecule has 5 rings (SSSR count). The first-order chi connectivity index (χ1) is 19.3. The van der Waals surface area contributed by atoms with Gasteiger partial charge in [-0.25, -0.2) is 23.4 Å². The lowest BCUT2D eigenvalue weighted by atomic mass is 9.91. The van der Waals surface area contributed by atoms with Crippen LogP contribution in [0.3, 0.4) is 0 Å². The largest absolute Gasteiger partial charge is 0.481 e. The second-order valence-corrected chi connectivity index (χ2v) is 12.5. The molecule has 0 saturated heterocycles. The summed E-state index contributed by atoms with van der Waals surface area (Å²) in [6.07, 6.45) is 7.12. The number of anilines is 1. The van der Waals surface area contributed by atoms with Gasteiger partial charge >= 0.3 is 0 Å². The Morgan fingerprint density at radius 1 is 1.02 bits per heavy atom. The van der Waals surface area contributed by atoms with Crippen molar-refractivity contribution in [3.8, 4) is 17.0 Å². The van der Waals surface area contributed by atoms with Crippen LogP contribution in [0.4, 0.5) is 5.95 Å². The van der Waals surface area contributed by atoms with Crippen molar-refractivity contribution < 1.29 is 13.2 Å². The van der Waals surface area contributed by atoms with Gasteiger partial charge in [0.15, 0.2) is 9.84 Å². The van der Waals surface area contributed by atoms with Crippen LogP contribution in [0.25, 0.3) is 22.0 Å². The van der Waals surface area contributed by atoms with Gasteiger partial charge in [-0.1, -0.05) is 30.7 Å². The molecule has 2 aromatic heterocycles. The van der Waals surface area contributed by atoms with E-state index in [0.717, 1.165) is 59.7 Å². The predicted molar refractivity (Wildman–Crippen MR) is 160 cm³/mol. The Morgan fingerprint density at radius 3 is 2.48 bits per heavy atom. The summed E-state index contributed by atoms with van der Waals surface area (Å²) in [7, 11) is -0.122. The Labute approximate surface area is 240 Å². The van der Waals surface area contributed by atoms with Gasteiger partial charge in [0.1, 0.15) is 0 Å². The van der Waals surface area contributed by atoms with E-state index in [1.54, 1.807) is 24.3 Å². The number of nitrogens with zero attached hydrogens (tertiary/aromatic N) is 3. The normalized spacial score (nSPS) is 17.6. The molecule has 210 valence electrons. The van der Waals surface area contributed by atoms with E-state index in [1.807, 2.05) is 25.4 Å². The summed E-state index contributed by atoms with van der Waals surface area (Å²) in [5.41, 5.74) is 4.05. The molecule has 0 spiro atoms. The molecular weight excluding hydrogens is 546 g/mol. The molecule has 2 heterocycles. The Hall–Kier alpha value is -3.27. The quantitative estimate of drug-likeness (QED) is 0.255. The highest BCUT2D eigenvalue weighted by atomic mass is 35.5. The summed E-state index contributed by atoms with van der Waals surface area (Å²) in [6.45, 7) is 2.10. The van der Waals surface area contributed by atoms with Gasteiger partial charge in [-0.05, 0) is 86.7 Å². The molecule has 10 heteroatoms. The molecule has 0 atom stereocenters. The van der Waals surface area contributed by atoms with E-state index in [-0.39, 0.29) is 15.7 Å². The van der Waals surface area contributed by atoms with Crippen LogP contribution in [0.1, 0.15) is 43.9 Å². The van der Waals surface area contributed by atoms with Gasteiger partial charge in [0.05, 0.1) is 34.0 Å². The molecule has 0 radical (unpaired) electrons. The van der Waals surface area contributed by atoms with E-state index in [0.29, 0.717) is 29.6 Å². The van der Waals surface area contributed by atoms with Crippen molar-refractivity contribution in [3.63, 3.8) is 0 Å². The van der Waals surface area contributed by atoms with Crippen molar-refractivity contribution in [3.05, 3.63) is 71.0 Å². The standard InChI is InChI=1S/C30H34ClN5O3S/c1-4-19-15-20(16-21-17-33-30(36-28(19)21)35-23-11-9-22(32-2)10-12-23)25-14-13-24(34-29(25)39-3)18-40(37,38)27-8-6-5-7-26(27)31/h5-8,13-17,22-23,32H,4,9-12,18H2,1-3H3,(H,33,35,36). The van der Waals surface area contributed by atoms with Gasteiger partial charge in [-0.3, -0.25) is 0 Å². The lowest BCUT2D eigenvalue weighted by Gasteiger charge is -2.28. The van der Waals surface area contributed by atoms with Crippen LogP contribution in [-0.2, 0) is 22.0 Å². The molecule has 8 nitrogen and oxygen atoms in total. The number of hydrogen-bond donors (Lipinski definition) is 2. The maximum absolute atomic E-state index is 13.0. The highest BCUT2D eigenvalue weighted by Crippen LogP contribution is 2.34. The monoisotopic (exact) mass is 579 g/mol. The molecule has 0 aliphatic heterocycles. The molecule has 40 heavy (non-hydrogen) atoms. The van der Waals surface area contributed by atoms with E-state index in [1.165, 1.54) is 13.2 Å². The van der Waals surface area contributed by atoms with Crippen LogP contribution in [0.2, 0.25) is 5.02 Å². The highest BCUT2D eigenvalue weighted by Gasteiger charge is 2.22. The van der Waals surface area contributed by atoms with Crippen LogP contribution in [0.5, 0.6) is 5.88 Å². The van der Waals surface area contributed by atoms with E-state index in [4.69, 9.17) is 21.3 Å². The Morgan fingerprint density at radius 2 is 1.77 bits per heavy atom. The summed E-state index contributed by atoms with van der Waals surface area (Å²) in [5, 5.41) is 8.02. The lowest BCUT2D eigenvalue weighted by Crippen LogP contribution is -2.35. The number of rotatable bonds is 9. The van der Waals surface area contributed by atoms with E-state index in [2.05, 4.69) is 33.6 Å². The first-order valence-electron chi connectivity index (χ1n) is 13.6. The molecule has 0 bridgehead atoms. The van der Waals surface area contributed by atoms with E-state index in [9.17, 15) is 8.42 Å². The molecule has 4 aromatic rings. The molecule has 0 amide bonds. The Balaban J connectivity index is 1.42. The number of fused-ring (bicyclic) bond motifs is 1. The van der Waals surface area contributed by atoms with Gasteiger partial charge < -0.3 is 15.4 Å². The molecule has 1 saturated carbocycles. The zero-order chi connectivity index (χ0) is 28.3. The first-order valence-corrected chi connectivity index (χ1v) is 15.6. The predicted octanol–water partition coefficient (Wildman–Crippen LogP) is 5.83.